The predicted molar refractivity (Wildman–Crippen MR) is 86.3 cm³/mol. The molecular weight excluding hydrogens is 280 g/mol. The Morgan fingerprint density at radius 2 is 1.68 bits per heavy atom. The Morgan fingerprint density at radius 1 is 1.05 bits per heavy atom. The summed E-state index contributed by atoms with van der Waals surface area (Å²) in [6.07, 6.45) is 2.57. The number of quaternary nitrogens is 2. The lowest BCUT2D eigenvalue weighted by atomic mass is 10.0. The molecule has 1 aromatic rings. The molecule has 5 heteroatoms. The van der Waals surface area contributed by atoms with Crippen LogP contribution in [-0.2, 0) is 6.54 Å². The van der Waals surface area contributed by atoms with Gasteiger partial charge in [-0.25, -0.2) is 0 Å². The van der Waals surface area contributed by atoms with Gasteiger partial charge in [0.15, 0.2) is 11.5 Å². The third-order valence-corrected chi connectivity index (χ3v) is 4.79. The summed E-state index contributed by atoms with van der Waals surface area (Å²) in [5.74, 6) is 2.19. The van der Waals surface area contributed by atoms with Crippen LogP contribution in [0.25, 0.3) is 0 Å². The van der Waals surface area contributed by atoms with Crippen molar-refractivity contribution in [2.24, 2.45) is 0 Å². The summed E-state index contributed by atoms with van der Waals surface area (Å²) in [6, 6.07) is 4.77. The number of rotatable bonds is 6. The van der Waals surface area contributed by atoms with Crippen molar-refractivity contribution in [3.63, 3.8) is 0 Å². The smallest absolute Gasteiger partial charge is 0.203 e. The minimum Gasteiger partial charge on any atom is -0.493 e. The van der Waals surface area contributed by atoms with E-state index in [4.69, 9.17) is 14.2 Å². The van der Waals surface area contributed by atoms with Crippen LogP contribution in [0.15, 0.2) is 12.1 Å². The Hall–Kier alpha value is -1.46. The van der Waals surface area contributed by atoms with Gasteiger partial charge in [0.2, 0.25) is 5.75 Å². The maximum atomic E-state index is 5.59. The number of hydrogen-bond donors (Lipinski definition) is 2. The standard InChI is InChI=1S/C17H28N2O3/c1-18-10-8-14(9-11-18)19(2)12-13-6-7-15(20-3)17(22-5)16(13)21-4/h6-7,14H,8-12H2,1-5H3/p+2. The summed E-state index contributed by atoms with van der Waals surface area (Å²) in [7, 11) is 9.55. The lowest BCUT2D eigenvalue weighted by Gasteiger charge is -2.31. The number of hydrogen-bond acceptors (Lipinski definition) is 3. The van der Waals surface area contributed by atoms with Gasteiger partial charge in [-0.15, -0.1) is 0 Å². The van der Waals surface area contributed by atoms with Gasteiger partial charge in [0.1, 0.15) is 6.54 Å². The fourth-order valence-corrected chi connectivity index (χ4v) is 3.35. The number of piperidine rings is 1. The molecular formula is C17H30N2O3+2. The zero-order valence-electron chi connectivity index (χ0n) is 14.5. The highest BCUT2D eigenvalue weighted by Crippen LogP contribution is 2.39. The van der Waals surface area contributed by atoms with Gasteiger partial charge in [0, 0.05) is 12.8 Å². The first-order chi connectivity index (χ1) is 10.6. The van der Waals surface area contributed by atoms with E-state index in [9.17, 15) is 0 Å². The van der Waals surface area contributed by atoms with Crippen molar-refractivity contribution < 1.29 is 24.0 Å². The minimum absolute atomic E-state index is 0.683. The van der Waals surface area contributed by atoms with E-state index in [1.54, 1.807) is 26.2 Å². The molecule has 1 saturated heterocycles. The van der Waals surface area contributed by atoms with Gasteiger partial charge in [0.05, 0.1) is 60.1 Å². The van der Waals surface area contributed by atoms with Crippen LogP contribution in [0, 0.1) is 0 Å². The van der Waals surface area contributed by atoms with Gasteiger partial charge in [-0.05, 0) is 12.1 Å². The van der Waals surface area contributed by atoms with E-state index < -0.39 is 0 Å². The van der Waals surface area contributed by atoms with Crippen molar-refractivity contribution in [1.82, 2.24) is 0 Å². The van der Waals surface area contributed by atoms with Gasteiger partial charge in [-0.1, -0.05) is 0 Å². The maximum absolute atomic E-state index is 5.59. The first-order valence-electron chi connectivity index (χ1n) is 8.02. The van der Waals surface area contributed by atoms with Crippen molar-refractivity contribution in [1.29, 1.82) is 0 Å². The van der Waals surface area contributed by atoms with Gasteiger partial charge < -0.3 is 24.0 Å². The fraction of sp³-hybridized carbons (Fsp3) is 0.647. The Bertz CT molecular complexity index is 485. The topological polar surface area (TPSA) is 36.6 Å². The molecule has 1 heterocycles. The van der Waals surface area contributed by atoms with Crippen LogP contribution in [0.3, 0.4) is 0 Å². The summed E-state index contributed by atoms with van der Waals surface area (Å²) in [5.41, 5.74) is 1.17. The molecule has 1 fully saturated rings. The predicted octanol–water partition coefficient (Wildman–Crippen LogP) is -0.596. The van der Waals surface area contributed by atoms with Gasteiger partial charge in [-0.2, -0.15) is 0 Å². The lowest BCUT2D eigenvalue weighted by molar-refractivity contribution is -0.948. The number of nitrogens with one attached hydrogen (secondary N) is 2. The van der Waals surface area contributed by atoms with Gasteiger partial charge in [-0.3, -0.25) is 0 Å². The summed E-state index contributed by atoms with van der Waals surface area (Å²) in [6.45, 7) is 3.48. The molecule has 0 bridgehead atoms. The largest absolute Gasteiger partial charge is 0.493 e. The molecule has 0 spiro atoms. The van der Waals surface area contributed by atoms with Gasteiger partial charge in [0.25, 0.3) is 0 Å². The summed E-state index contributed by atoms with van der Waals surface area (Å²) in [4.78, 5) is 3.19. The zero-order valence-corrected chi connectivity index (χ0v) is 14.5. The van der Waals surface area contributed by atoms with Crippen LogP contribution >= 0.6 is 0 Å². The highest BCUT2D eigenvalue weighted by Gasteiger charge is 2.27. The molecule has 1 aromatic carbocycles. The summed E-state index contributed by atoms with van der Waals surface area (Å²) >= 11 is 0. The quantitative estimate of drug-likeness (QED) is 0.737. The second-order valence-electron chi connectivity index (χ2n) is 6.25. The van der Waals surface area contributed by atoms with Crippen LogP contribution in [0.5, 0.6) is 17.2 Å². The molecule has 2 N–H and O–H groups in total. The molecule has 0 amide bonds. The number of methoxy groups -OCH3 is 3. The first kappa shape index (κ1) is 16.9. The minimum atomic E-state index is 0.683. The Morgan fingerprint density at radius 3 is 2.23 bits per heavy atom. The van der Waals surface area contributed by atoms with Crippen LogP contribution in [0.1, 0.15) is 18.4 Å². The monoisotopic (exact) mass is 310 g/mol. The van der Waals surface area contributed by atoms with Crippen molar-refractivity contribution in [2.45, 2.75) is 25.4 Å². The van der Waals surface area contributed by atoms with E-state index in [1.165, 1.54) is 36.4 Å². The van der Waals surface area contributed by atoms with Crippen molar-refractivity contribution in [3.8, 4) is 17.2 Å². The van der Waals surface area contributed by atoms with Crippen molar-refractivity contribution >= 4 is 0 Å². The average molecular weight is 310 g/mol. The average Bonchev–Trinajstić information content (AvgIpc) is 2.54. The first-order valence-corrected chi connectivity index (χ1v) is 8.02. The molecule has 5 nitrogen and oxygen atoms in total. The van der Waals surface area contributed by atoms with Crippen molar-refractivity contribution in [2.75, 3.05) is 48.5 Å². The lowest BCUT2D eigenvalue weighted by Crippen LogP contribution is -3.17. The Kier molecular flexibility index (Phi) is 5.91. The zero-order chi connectivity index (χ0) is 16.1. The van der Waals surface area contributed by atoms with E-state index in [2.05, 4.69) is 20.2 Å². The molecule has 0 aliphatic carbocycles. The van der Waals surface area contributed by atoms with E-state index in [0.29, 0.717) is 11.5 Å². The summed E-state index contributed by atoms with van der Waals surface area (Å²) in [5, 5.41) is 0. The highest BCUT2D eigenvalue weighted by atomic mass is 16.5. The van der Waals surface area contributed by atoms with Crippen LogP contribution in [-0.4, -0.2) is 54.6 Å². The molecule has 0 saturated carbocycles. The van der Waals surface area contributed by atoms with Gasteiger partial charge >= 0.3 is 0 Å². The Labute approximate surface area is 133 Å². The van der Waals surface area contributed by atoms with E-state index in [1.807, 2.05) is 6.07 Å². The highest BCUT2D eigenvalue weighted by molar-refractivity contribution is 5.55. The molecule has 124 valence electrons. The fourth-order valence-electron chi connectivity index (χ4n) is 3.35. The molecule has 0 radical (unpaired) electrons. The molecule has 1 aliphatic rings. The molecule has 22 heavy (non-hydrogen) atoms. The van der Waals surface area contributed by atoms with Crippen LogP contribution < -0.4 is 24.0 Å². The molecule has 1 aliphatic heterocycles. The third kappa shape index (κ3) is 3.65. The Balaban J connectivity index is 2.15. The maximum Gasteiger partial charge on any atom is 0.203 e. The van der Waals surface area contributed by atoms with Crippen molar-refractivity contribution in [3.05, 3.63) is 17.7 Å². The van der Waals surface area contributed by atoms with E-state index in [0.717, 1.165) is 18.3 Å². The normalized spacial score (nSPS) is 23.0. The van der Waals surface area contributed by atoms with Crippen LogP contribution in [0.2, 0.25) is 0 Å². The third-order valence-electron chi connectivity index (χ3n) is 4.79. The second-order valence-corrected chi connectivity index (χ2v) is 6.25. The molecule has 2 rings (SSSR count). The molecule has 0 aromatic heterocycles. The van der Waals surface area contributed by atoms with E-state index in [-0.39, 0.29) is 0 Å². The second kappa shape index (κ2) is 7.70. The van der Waals surface area contributed by atoms with Crippen LogP contribution in [0.4, 0.5) is 0 Å². The summed E-state index contributed by atoms with van der Waals surface area (Å²) < 4.78 is 16.4. The number of benzene rings is 1. The molecule has 1 atom stereocenters. The number of ether oxygens (including phenoxy) is 3. The van der Waals surface area contributed by atoms with E-state index >= 15 is 0 Å². The SMILES string of the molecule is COc1ccc(C[NH+](C)C2CC[NH+](C)CC2)c(OC)c1OC. The molecule has 1 unspecified atom stereocenters. The number of likely N-dealkylation sites (tertiary alicyclic amines) is 1.